The topological polar surface area (TPSA) is 80.3 Å². The molecular weight excluding hydrogens is 434 g/mol. The first kappa shape index (κ1) is 23.7. The van der Waals surface area contributed by atoms with Crippen LogP contribution in [-0.2, 0) is 9.59 Å². The van der Waals surface area contributed by atoms with Gasteiger partial charge in [-0.3, -0.25) is 9.59 Å². The molecule has 1 atom stereocenters. The highest BCUT2D eigenvalue weighted by Gasteiger charge is 2.36. The molecule has 8 heteroatoms. The summed E-state index contributed by atoms with van der Waals surface area (Å²) >= 11 is 0. The van der Waals surface area contributed by atoms with Crippen molar-refractivity contribution in [1.82, 2.24) is 0 Å². The van der Waals surface area contributed by atoms with E-state index in [2.05, 4.69) is 16.3 Å². The molecule has 182 valence electrons. The van der Waals surface area contributed by atoms with Crippen LogP contribution in [0, 0.1) is 5.92 Å². The van der Waals surface area contributed by atoms with E-state index in [9.17, 15) is 9.59 Å². The van der Waals surface area contributed by atoms with E-state index in [1.165, 1.54) is 34.2 Å². The summed E-state index contributed by atoms with van der Waals surface area (Å²) in [6, 6.07) is 11.4. The first-order valence-corrected chi connectivity index (χ1v) is 11.8. The third kappa shape index (κ3) is 4.90. The second-order valence-corrected chi connectivity index (χ2v) is 8.70. The minimum atomic E-state index is -0.455. The van der Waals surface area contributed by atoms with Crippen molar-refractivity contribution in [3.05, 3.63) is 36.4 Å². The lowest BCUT2D eigenvalue weighted by molar-refractivity contribution is -0.122. The summed E-state index contributed by atoms with van der Waals surface area (Å²) in [6.45, 7) is 2.27. The molecule has 0 aromatic heterocycles. The van der Waals surface area contributed by atoms with Crippen molar-refractivity contribution in [2.24, 2.45) is 5.92 Å². The van der Waals surface area contributed by atoms with E-state index in [0.29, 0.717) is 22.9 Å². The number of nitrogens with zero attached hydrogens (tertiary/aromatic N) is 2. The standard InChI is InChI=1S/C26H33N3O5/c1-32-22-15-19(16-23(33-2)25(22)34-3)29-17-18(14-24(29)30)26(31)27-20-10-6-7-11-21(20)28-12-8-4-5-9-13-28/h6-7,10-11,15-16,18H,4-5,8-9,12-14,17H2,1-3H3,(H,27,31). The number of hydrogen-bond donors (Lipinski definition) is 1. The number of benzene rings is 2. The summed E-state index contributed by atoms with van der Waals surface area (Å²) in [6.07, 6.45) is 4.94. The highest BCUT2D eigenvalue weighted by atomic mass is 16.5. The monoisotopic (exact) mass is 467 g/mol. The Bertz CT molecular complexity index is 1010. The van der Waals surface area contributed by atoms with Gasteiger partial charge in [0.25, 0.3) is 0 Å². The molecule has 34 heavy (non-hydrogen) atoms. The summed E-state index contributed by atoms with van der Waals surface area (Å²) in [5.74, 6) is 0.664. The van der Waals surface area contributed by atoms with Gasteiger partial charge >= 0.3 is 0 Å². The molecule has 2 heterocycles. The van der Waals surface area contributed by atoms with Crippen LogP contribution in [0.4, 0.5) is 17.1 Å². The van der Waals surface area contributed by atoms with E-state index < -0.39 is 5.92 Å². The molecule has 2 aromatic carbocycles. The predicted octanol–water partition coefficient (Wildman–Crippen LogP) is 4.08. The van der Waals surface area contributed by atoms with Crippen LogP contribution in [0.25, 0.3) is 0 Å². The van der Waals surface area contributed by atoms with Crippen molar-refractivity contribution >= 4 is 28.9 Å². The number of para-hydroxylation sites is 2. The van der Waals surface area contributed by atoms with Gasteiger partial charge in [-0.25, -0.2) is 0 Å². The van der Waals surface area contributed by atoms with Crippen LogP contribution in [-0.4, -0.2) is 52.8 Å². The maximum atomic E-state index is 13.2. The maximum absolute atomic E-state index is 13.2. The van der Waals surface area contributed by atoms with Gasteiger partial charge in [-0.1, -0.05) is 25.0 Å². The fraction of sp³-hybridized carbons (Fsp3) is 0.462. The fourth-order valence-corrected chi connectivity index (χ4v) is 4.76. The SMILES string of the molecule is COc1cc(N2CC(C(=O)Nc3ccccc3N3CCCCCC3)CC2=O)cc(OC)c1OC. The Morgan fingerprint density at radius 2 is 1.59 bits per heavy atom. The van der Waals surface area contributed by atoms with E-state index in [0.717, 1.165) is 37.3 Å². The molecule has 2 fully saturated rings. The van der Waals surface area contributed by atoms with Crippen molar-refractivity contribution in [1.29, 1.82) is 0 Å². The van der Waals surface area contributed by atoms with Gasteiger partial charge in [0.2, 0.25) is 17.6 Å². The van der Waals surface area contributed by atoms with Gasteiger partial charge in [-0.2, -0.15) is 0 Å². The summed E-state index contributed by atoms with van der Waals surface area (Å²) in [7, 11) is 4.60. The molecule has 1 N–H and O–H groups in total. The Hall–Kier alpha value is -3.42. The molecule has 8 nitrogen and oxygen atoms in total. The first-order chi connectivity index (χ1) is 16.5. The third-order valence-corrected chi connectivity index (χ3v) is 6.57. The van der Waals surface area contributed by atoms with Crippen molar-refractivity contribution < 1.29 is 23.8 Å². The second-order valence-electron chi connectivity index (χ2n) is 8.70. The minimum Gasteiger partial charge on any atom is -0.493 e. The van der Waals surface area contributed by atoms with E-state index in [1.807, 2.05) is 18.2 Å². The van der Waals surface area contributed by atoms with Crippen LogP contribution in [0.2, 0.25) is 0 Å². The van der Waals surface area contributed by atoms with Crippen LogP contribution >= 0.6 is 0 Å². The number of amides is 2. The summed E-state index contributed by atoms with van der Waals surface area (Å²) < 4.78 is 16.2. The van der Waals surface area contributed by atoms with Crippen molar-refractivity contribution in [2.45, 2.75) is 32.1 Å². The Morgan fingerprint density at radius 3 is 2.21 bits per heavy atom. The first-order valence-electron chi connectivity index (χ1n) is 11.8. The largest absolute Gasteiger partial charge is 0.493 e. The molecule has 0 aliphatic carbocycles. The van der Waals surface area contributed by atoms with Crippen molar-refractivity contribution in [3.8, 4) is 17.2 Å². The summed E-state index contributed by atoms with van der Waals surface area (Å²) in [5, 5.41) is 3.10. The second kappa shape index (κ2) is 10.7. The third-order valence-electron chi connectivity index (χ3n) is 6.57. The number of methoxy groups -OCH3 is 3. The van der Waals surface area contributed by atoms with Gasteiger partial charge in [0.1, 0.15) is 0 Å². The van der Waals surface area contributed by atoms with Crippen molar-refractivity contribution in [2.75, 3.05) is 56.1 Å². The number of carbonyl (C=O) groups excluding carboxylic acids is 2. The Labute approximate surface area is 200 Å². The van der Waals surface area contributed by atoms with Crippen LogP contribution in [0.3, 0.4) is 0 Å². The molecule has 2 saturated heterocycles. The van der Waals surface area contributed by atoms with Gasteiger partial charge in [-0.15, -0.1) is 0 Å². The lowest BCUT2D eigenvalue weighted by Gasteiger charge is -2.26. The zero-order chi connectivity index (χ0) is 24.1. The Balaban J connectivity index is 1.51. The van der Waals surface area contributed by atoms with Crippen LogP contribution in [0.1, 0.15) is 32.1 Å². The number of anilines is 3. The summed E-state index contributed by atoms with van der Waals surface area (Å²) in [4.78, 5) is 30.0. The number of carbonyl (C=O) groups is 2. The lowest BCUT2D eigenvalue weighted by atomic mass is 10.1. The molecule has 0 saturated carbocycles. The Kier molecular flexibility index (Phi) is 7.45. The molecule has 0 radical (unpaired) electrons. The molecule has 2 aliphatic rings. The van der Waals surface area contributed by atoms with Gasteiger partial charge in [0.05, 0.1) is 44.3 Å². The minimum absolute atomic E-state index is 0.116. The molecular formula is C26H33N3O5. The fourth-order valence-electron chi connectivity index (χ4n) is 4.76. The highest BCUT2D eigenvalue weighted by molar-refractivity contribution is 6.04. The van der Waals surface area contributed by atoms with Crippen LogP contribution < -0.4 is 29.3 Å². The van der Waals surface area contributed by atoms with E-state index in [4.69, 9.17) is 14.2 Å². The maximum Gasteiger partial charge on any atom is 0.229 e. The van der Waals surface area contributed by atoms with Gasteiger partial charge in [0, 0.05) is 38.2 Å². The molecule has 1 unspecified atom stereocenters. The number of nitrogens with one attached hydrogen (secondary N) is 1. The highest BCUT2D eigenvalue weighted by Crippen LogP contribution is 2.42. The molecule has 2 aliphatic heterocycles. The van der Waals surface area contributed by atoms with E-state index in [-0.39, 0.29) is 24.8 Å². The molecule has 0 spiro atoms. The number of hydrogen-bond acceptors (Lipinski definition) is 6. The van der Waals surface area contributed by atoms with Gasteiger partial charge in [-0.05, 0) is 25.0 Å². The Morgan fingerprint density at radius 1 is 0.941 bits per heavy atom. The van der Waals surface area contributed by atoms with E-state index >= 15 is 0 Å². The zero-order valence-electron chi connectivity index (χ0n) is 20.1. The lowest BCUT2D eigenvalue weighted by Crippen LogP contribution is -2.29. The van der Waals surface area contributed by atoms with E-state index in [1.54, 1.807) is 17.0 Å². The van der Waals surface area contributed by atoms with Crippen molar-refractivity contribution in [3.63, 3.8) is 0 Å². The average molecular weight is 468 g/mol. The predicted molar refractivity (Wildman–Crippen MR) is 132 cm³/mol. The zero-order valence-corrected chi connectivity index (χ0v) is 20.1. The average Bonchev–Trinajstić information content (AvgIpc) is 3.06. The van der Waals surface area contributed by atoms with Gasteiger partial charge in [0.15, 0.2) is 11.5 Å². The number of rotatable bonds is 7. The van der Waals surface area contributed by atoms with Crippen LogP contribution in [0.15, 0.2) is 36.4 Å². The molecule has 2 aromatic rings. The van der Waals surface area contributed by atoms with Gasteiger partial charge < -0.3 is 29.3 Å². The van der Waals surface area contributed by atoms with Crippen LogP contribution in [0.5, 0.6) is 17.2 Å². The quantitative estimate of drug-likeness (QED) is 0.661. The number of ether oxygens (including phenoxy) is 3. The normalized spacial score (nSPS) is 18.4. The summed E-state index contributed by atoms with van der Waals surface area (Å²) in [5.41, 5.74) is 2.46. The molecule has 4 rings (SSSR count). The molecule has 2 amide bonds. The molecule has 0 bridgehead atoms. The smallest absolute Gasteiger partial charge is 0.229 e.